The minimum atomic E-state index is 0.451. The number of alkyl halides is 1. The van der Waals surface area contributed by atoms with Gasteiger partial charge in [-0.15, -0.1) is 11.6 Å². The van der Waals surface area contributed by atoms with Crippen molar-refractivity contribution in [2.75, 3.05) is 38.1 Å². The van der Waals surface area contributed by atoms with Crippen molar-refractivity contribution in [1.29, 1.82) is 5.26 Å². The van der Waals surface area contributed by atoms with E-state index in [9.17, 15) is 5.26 Å². The van der Waals surface area contributed by atoms with E-state index in [1.54, 1.807) is 0 Å². The smallest absolute Gasteiger partial charge is 0.101 e. The summed E-state index contributed by atoms with van der Waals surface area (Å²) in [6.07, 6.45) is 2.63. The average molecular weight is 278 g/mol. The van der Waals surface area contributed by atoms with Gasteiger partial charge in [0.25, 0.3) is 0 Å². The van der Waals surface area contributed by atoms with Gasteiger partial charge in [-0.2, -0.15) is 5.26 Å². The third-order valence-electron chi connectivity index (χ3n) is 3.70. The number of likely N-dealkylation sites (N-methyl/N-ethyl adjacent to an activating group) is 1. The fraction of sp³-hybridized carbons (Fsp3) is 0.533. The Morgan fingerprint density at radius 3 is 2.74 bits per heavy atom. The lowest BCUT2D eigenvalue weighted by Gasteiger charge is -2.24. The van der Waals surface area contributed by atoms with E-state index in [2.05, 4.69) is 15.9 Å². The number of hydrogen-bond donors (Lipinski definition) is 0. The minimum Gasteiger partial charge on any atom is -0.372 e. The van der Waals surface area contributed by atoms with Gasteiger partial charge in [0, 0.05) is 26.0 Å². The molecule has 1 aromatic carbocycles. The van der Waals surface area contributed by atoms with Gasteiger partial charge < -0.3 is 9.80 Å². The first kappa shape index (κ1) is 14.2. The molecule has 0 unspecified atom stereocenters. The number of rotatable bonds is 5. The highest BCUT2D eigenvalue weighted by atomic mass is 35.5. The van der Waals surface area contributed by atoms with Crippen LogP contribution in [-0.2, 0) is 5.88 Å². The Labute approximate surface area is 120 Å². The van der Waals surface area contributed by atoms with Crippen LogP contribution < -0.4 is 4.90 Å². The molecule has 1 aliphatic rings. The maximum absolute atomic E-state index is 9.24. The quantitative estimate of drug-likeness (QED) is 0.776. The van der Waals surface area contributed by atoms with Crippen LogP contribution in [0.2, 0.25) is 0 Å². The Balaban J connectivity index is 2.01. The second-order valence-electron chi connectivity index (χ2n) is 5.07. The van der Waals surface area contributed by atoms with Gasteiger partial charge in [0.2, 0.25) is 0 Å². The van der Waals surface area contributed by atoms with Crippen molar-refractivity contribution in [1.82, 2.24) is 4.90 Å². The van der Waals surface area contributed by atoms with Gasteiger partial charge in [0.15, 0.2) is 0 Å². The SMILES string of the molecule is CN(CCN1CCCC1)c1ccc(CCl)cc1C#N. The normalized spacial score (nSPS) is 15.4. The van der Waals surface area contributed by atoms with Gasteiger partial charge in [-0.05, 0) is 43.6 Å². The standard InChI is InChI=1S/C15H20ClN3/c1-18(8-9-19-6-2-3-7-19)15-5-4-13(11-16)10-14(15)12-17/h4-5,10H,2-3,6-9,11H2,1H3. The molecule has 0 aromatic heterocycles. The summed E-state index contributed by atoms with van der Waals surface area (Å²) in [5.41, 5.74) is 2.70. The minimum absolute atomic E-state index is 0.451. The molecule has 1 aromatic rings. The molecule has 1 heterocycles. The molecule has 1 aliphatic heterocycles. The van der Waals surface area contributed by atoms with E-state index in [-0.39, 0.29) is 0 Å². The van der Waals surface area contributed by atoms with Gasteiger partial charge in [-0.25, -0.2) is 0 Å². The third-order valence-corrected chi connectivity index (χ3v) is 4.01. The van der Waals surface area contributed by atoms with Crippen LogP contribution >= 0.6 is 11.6 Å². The molecular weight excluding hydrogens is 258 g/mol. The second-order valence-corrected chi connectivity index (χ2v) is 5.33. The van der Waals surface area contributed by atoms with E-state index in [1.165, 1.54) is 25.9 Å². The predicted molar refractivity (Wildman–Crippen MR) is 79.7 cm³/mol. The first-order chi connectivity index (χ1) is 9.24. The lowest BCUT2D eigenvalue weighted by Crippen LogP contribution is -2.31. The number of likely N-dealkylation sites (tertiary alicyclic amines) is 1. The zero-order valence-electron chi connectivity index (χ0n) is 11.4. The molecule has 1 saturated heterocycles. The van der Waals surface area contributed by atoms with E-state index in [0.29, 0.717) is 11.4 Å². The van der Waals surface area contributed by atoms with E-state index < -0.39 is 0 Å². The van der Waals surface area contributed by atoms with Crippen LogP contribution in [0.5, 0.6) is 0 Å². The highest BCUT2D eigenvalue weighted by molar-refractivity contribution is 6.17. The maximum Gasteiger partial charge on any atom is 0.101 e. The van der Waals surface area contributed by atoms with Crippen LogP contribution in [0.3, 0.4) is 0 Å². The number of benzene rings is 1. The number of nitriles is 1. The van der Waals surface area contributed by atoms with Gasteiger partial charge >= 0.3 is 0 Å². The van der Waals surface area contributed by atoms with Gasteiger partial charge in [-0.1, -0.05) is 6.07 Å². The molecule has 1 fully saturated rings. The summed E-state index contributed by atoms with van der Waals surface area (Å²) in [6, 6.07) is 8.14. The fourth-order valence-electron chi connectivity index (χ4n) is 2.51. The number of hydrogen-bond acceptors (Lipinski definition) is 3. The summed E-state index contributed by atoms with van der Waals surface area (Å²) in [5.74, 6) is 0.451. The molecule has 2 rings (SSSR count). The zero-order chi connectivity index (χ0) is 13.7. The summed E-state index contributed by atoms with van der Waals surface area (Å²) in [6.45, 7) is 4.45. The van der Waals surface area contributed by atoms with Crippen molar-refractivity contribution in [3.8, 4) is 6.07 Å². The molecule has 0 amide bonds. The Kier molecular flexibility index (Phi) is 5.07. The molecule has 0 radical (unpaired) electrons. The van der Waals surface area contributed by atoms with Crippen molar-refractivity contribution >= 4 is 17.3 Å². The summed E-state index contributed by atoms with van der Waals surface area (Å²) in [7, 11) is 2.05. The zero-order valence-corrected chi connectivity index (χ0v) is 12.2. The molecule has 0 aliphatic carbocycles. The maximum atomic E-state index is 9.24. The first-order valence-electron chi connectivity index (χ1n) is 6.77. The molecule has 102 valence electrons. The van der Waals surface area contributed by atoms with E-state index in [0.717, 1.165) is 24.3 Å². The predicted octanol–water partition coefficient (Wildman–Crippen LogP) is 2.83. The number of anilines is 1. The highest BCUT2D eigenvalue weighted by Gasteiger charge is 2.13. The van der Waals surface area contributed by atoms with Crippen molar-refractivity contribution in [2.24, 2.45) is 0 Å². The van der Waals surface area contributed by atoms with E-state index >= 15 is 0 Å². The Bertz CT molecular complexity index is 461. The summed E-state index contributed by atoms with van der Waals surface area (Å²) in [5, 5.41) is 9.24. The molecule has 0 spiro atoms. The first-order valence-corrected chi connectivity index (χ1v) is 7.30. The monoisotopic (exact) mass is 277 g/mol. The number of halogens is 1. The molecular formula is C15H20ClN3. The third kappa shape index (κ3) is 3.62. The molecule has 19 heavy (non-hydrogen) atoms. The number of nitrogens with zero attached hydrogens (tertiary/aromatic N) is 3. The van der Waals surface area contributed by atoms with Crippen LogP contribution in [0, 0.1) is 11.3 Å². The van der Waals surface area contributed by atoms with E-state index in [4.69, 9.17) is 11.6 Å². The molecule has 0 N–H and O–H groups in total. The largest absolute Gasteiger partial charge is 0.372 e. The van der Waals surface area contributed by atoms with Gasteiger partial charge in [-0.3, -0.25) is 0 Å². The highest BCUT2D eigenvalue weighted by Crippen LogP contribution is 2.21. The Morgan fingerprint density at radius 1 is 1.37 bits per heavy atom. The molecule has 3 nitrogen and oxygen atoms in total. The van der Waals surface area contributed by atoms with Crippen molar-refractivity contribution in [3.05, 3.63) is 29.3 Å². The lowest BCUT2D eigenvalue weighted by atomic mass is 10.1. The Morgan fingerprint density at radius 2 is 2.11 bits per heavy atom. The fourth-order valence-corrected chi connectivity index (χ4v) is 2.67. The van der Waals surface area contributed by atoms with Crippen LogP contribution in [-0.4, -0.2) is 38.1 Å². The summed E-state index contributed by atoms with van der Waals surface area (Å²) in [4.78, 5) is 4.64. The Hall–Kier alpha value is -1.24. The van der Waals surface area contributed by atoms with Crippen LogP contribution in [0.15, 0.2) is 18.2 Å². The van der Waals surface area contributed by atoms with Gasteiger partial charge in [0.1, 0.15) is 6.07 Å². The molecule has 0 atom stereocenters. The molecule has 0 saturated carbocycles. The van der Waals surface area contributed by atoms with Crippen LogP contribution in [0.4, 0.5) is 5.69 Å². The second kappa shape index (κ2) is 6.79. The summed E-state index contributed by atoms with van der Waals surface area (Å²) >= 11 is 5.81. The van der Waals surface area contributed by atoms with E-state index in [1.807, 2.05) is 25.2 Å². The molecule has 0 bridgehead atoms. The van der Waals surface area contributed by atoms with Crippen LogP contribution in [0.1, 0.15) is 24.0 Å². The van der Waals surface area contributed by atoms with Crippen molar-refractivity contribution in [2.45, 2.75) is 18.7 Å². The summed E-state index contributed by atoms with van der Waals surface area (Å²) < 4.78 is 0. The van der Waals surface area contributed by atoms with Crippen molar-refractivity contribution in [3.63, 3.8) is 0 Å². The topological polar surface area (TPSA) is 30.3 Å². The average Bonchev–Trinajstić information content (AvgIpc) is 2.97. The van der Waals surface area contributed by atoms with Crippen LogP contribution in [0.25, 0.3) is 0 Å². The molecule has 4 heteroatoms. The van der Waals surface area contributed by atoms with Crippen molar-refractivity contribution < 1.29 is 0 Å². The lowest BCUT2D eigenvalue weighted by molar-refractivity contribution is 0.346. The van der Waals surface area contributed by atoms with Gasteiger partial charge in [0.05, 0.1) is 11.3 Å².